The van der Waals surface area contributed by atoms with E-state index in [1.54, 1.807) is 0 Å². The van der Waals surface area contributed by atoms with E-state index < -0.39 is 15.8 Å². The van der Waals surface area contributed by atoms with Crippen LogP contribution in [0.3, 0.4) is 0 Å². The van der Waals surface area contributed by atoms with Crippen LogP contribution >= 0.6 is 0 Å². The van der Waals surface area contributed by atoms with Crippen LogP contribution in [0, 0.1) is 12.7 Å². The Morgan fingerprint density at radius 3 is 2.39 bits per heavy atom. The highest BCUT2D eigenvalue weighted by molar-refractivity contribution is 7.92. The molecule has 0 aliphatic carbocycles. The summed E-state index contributed by atoms with van der Waals surface area (Å²) in [6.45, 7) is 2.88. The third-order valence-electron chi connectivity index (χ3n) is 4.39. The molecular formula is C23H23FN2O4S. The zero-order chi connectivity index (χ0) is 22.3. The minimum absolute atomic E-state index is 0.0000652. The molecule has 3 aromatic carbocycles. The standard InChI is InChI=1S/C23H23FN2O4S/c1-17-4-2-5-21(16-17)30-15-3-14-25-23(27)18-6-12-22(13-7-18)31(28,29)26-20-10-8-19(24)9-11-20/h2,4-13,16,26H,3,14-15H2,1H3,(H,25,27). The third-order valence-corrected chi connectivity index (χ3v) is 5.79. The molecule has 0 radical (unpaired) electrons. The molecule has 0 saturated heterocycles. The molecule has 0 saturated carbocycles. The molecular weight excluding hydrogens is 419 g/mol. The van der Waals surface area contributed by atoms with Crippen molar-refractivity contribution in [2.24, 2.45) is 0 Å². The molecule has 162 valence electrons. The molecule has 1 amide bonds. The van der Waals surface area contributed by atoms with Gasteiger partial charge < -0.3 is 10.1 Å². The maximum atomic E-state index is 13.0. The molecule has 0 aromatic heterocycles. The van der Waals surface area contributed by atoms with E-state index in [2.05, 4.69) is 10.0 Å². The largest absolute Gasteiger partial charge is 0.494 e. The molecule has 0 aliphatic rings. The van der Waals surface area contributed by atoms with Crippen LogP contribution in [0.15, 0.2) is 77.7 Å². The summed E-state index contributed by atoms with van der Waals surface area (Å²) < 4.78 is 45.8. The quantitative estimate of drug-likeness (QED) is 0.488. The summed E-state index contributed by atoms with van der Waals surface area (Å²) in [7, 11) is -3.84. The molecule has 3 aromatic rings. The molecule has 0 atom stereocenters. The average Bonchev–Trinajstić information content (AvgIpc) is 2.75. The lowest BCUT2D eigenvalue weighted by Crippen LogP contribution is -2.25. The number of sulfonamides is 1. The summed E-state index contributed by atoms with van der Waals surface area (Å²) in [6.07, 6.45) is 0.633. The number of amides is 1. The number of carbonyl (C=O) groups excluding carboxylic acids is 1. The van der Waals surface area contributed by atoms with Crippen molar-refractivity contribution in [3.8, 4) is 5.75 Å². The number of carbonyl (C=O) groups is 1. The van der Waals surface area contributed by atoms with Crippen molar-refractivity contribution in [1.82, 2.24) is 5.32 Å². The second-order valence-electron chi connectivity index (χ2n) is 6.91. The first kappa shape index (κ1) is 22.3. The maximum absolute atomic E-state index is 13.0. The van der Waals surface area contributed by atoms with E-state index >= 15 is 0 Å². The Bertz CT molecular complexity index is 1130. The van der Waals surface area contributed by atoms with Crippen LogP contribution in [-0.4, -0.2) is 27.5 Å². The van der Waals surface area contributed by atoms with E-state index in [0.29, 0.717) is 25.1 Å². The topological polar surface area (TPSA) is 84.5 Å². The normalized spacial score (nSPS) is 11.0. The predicted molar refractivity (Wildman–Crippen MR) is 117 cm³/mol. The fourth-order valence-electron chi connectivity index (χ4n) is 2.79. The summed E-state index contributed by atoms with van der Waals surface area (Å²) in [4.78, 5) is 12.3. The van der Waals surface area contributed by atoms with E-state index in [1.165, 1.54) is 36.4 Å². The van der Waals surface area contributed by atoms with Crippen LogP contribution < -0.4 is 14.8 Å². The predicted octanol–water partition coefficient (Wildman–Crippen LogP) is 4.13. The lowest BCUT2D eigenvalue weighted by atomic mass is 10.2. The summed E-state index contributed by atoms with van der Waals surface area (Å²) in [5, 5.41) is 2.78. The number of anilines is 1. The number of ether oxygens (including phenoxy) is 1. The number of benzene rings is 3. The van der Waals surface area contributed by atoms with Gasteiger partial charge in [0.15, 0.2) is 0 Å². The number of rotatable bonds is 9. The summed E-state index contributed by atoms with van der Waals surface area (Å²) in [5.41, 5.74) is 1.71. The van der Waals surface area contributed by atoms with Gasteiger partial charge in [-0.25, -0.2) is 12.8 Å². The van der Waals surface area contributed by atoms with Gasteiger partial charge in [0.2, 0.25) is 0 Å². The first-order valence-electron chi connectivity index (χ1n) is 9.70. The first-order chi connectivity index (χ1) is 14.8. The van der Waals surface area contributed by atoms with Crippen LogP contribution in [0.4, 0.5) is 10.1 Å². The summed E-state index contributed by atoms with van der Waals surface area (Å²) >= 11 is 0. The fraction of sp³-hybridized carbons (Fsp3) is 0.174. The molecule has 3 rings (SSSR count). The minimum Gasteiger partial charge on any atom is -0.494 e. The van der Waals surface area contributed by atoms with Crippen molar-refractivity contribution < 1.29 is 22.3 Å². The highest BCUT2D eigenvalue weighted by Gasteiger charge is 2.15. The van der Waals surface area contributed by atoms with Crippen molar-refractivity contribution in [3.05, 3.63) is 89.7 Å². The van der Waals surface area contributed by atoms with E-state index in [-0.39, 0.29) is 16.5 Å². The Morgan fingerprint density at radius 2 is 1.71 bits per heavy atom. The van der Waals surface area contributed by atoms with Gasteiger partial charge in [0.1, 0.15) is 11.6 Å². The van der Waals surface area contributed by atoms with Gasteiger partial charge >= 0.3 is 0 Å². The molecule has 0 aliphatic heterocycles. The monoisotopic (exact) mass is 442 g/mol. The smallest absolute Gasteiger partial charge is 0.261 e. The van der Waals surface area contributed by atoms with Crippen LogP contribution in [0.1, 0.15) is 22.3 Å². The van der Waals surface area contributed by atoms with Crippen molar-refractivity contribution in [1.29, 1.82) is 0 Å². The fourth-order valence-corrected chi connectivity index (χ4v) is 3.85. The number of nitrogens with one attached hydrogen (secondary N) is 2. The van der Waals surface area contributed by atoms with Crippen molar-refractivity contribution in [3.63, 3.8) is 0 Å². The molecule has 2 N–H and O–H groups in total. The van der Waals surface area contributed by atoms with E-state index in [0.717, 1.165) is 23.4 Å². The second-order valence-corrected chi connectivity index (χ2v) is 8.59. The van der Waals surface area contributed by atoms with Gasteiger partial charge in [-0.05, 0) is 79.6 Å². The molecule has 31 heavy (non-hydrogen) atoms. The van der Waals surface area contributed by atoms with Gasteiger partial charge in [-0.2, -0.15) is 0 Å². The van der Waals surface area contributed by atoms with E-state index in [9.17, 15) is 17.6 Å². The van der Waals surface area contributed by atoms with Gasteiger partial charge in [-0.1, -0.05) is 12.1 Å². The van der Waals surface area contributed by atoms with Crippen LogP contribution in [0.25, 0.3) is 0 Å². The minimum atomic E-state index is -3.84. The summed E-state index contributed by atoms with van der Waals surface area (Å²) in [5.74, 6) is 0.0309. The van der Waals surface area contributed by atoms with Crippen LogP contribution in [0.5, 0.6) is 5.75 Å². The van der Waals surface area contributed by atoms with Crippen molar-refractivity contribution in [2.75, 3.05) is 17.9 Å². The lowest BCUT2D eigenvalue weighted by molar-refractivity contribution is 0.0951. The van der Waals surface area contributed by atoms with Gasteiger partial charge in [-0.15, -0.1) is 0 Å². The number of hydrogen-bond acceptors (Lipinski definition) is 4. The Balaban J connectivity index is 1.48. The SMILES string of the molecule is Cc1cccc(OCCCNC(=O)c2ccc(S(=O)(=O)Nc3ccc(F)cc3)cc2)c1. The van der Waals surface area contributed by atoms with Gasteiger partial charge in [0.05, 0.1) is 11.5 Å². The number of hydrogen-bond donors (Lipinski definition) is 2. The highest BCUT2D eigenvalue weighted by atomic mass is 32.2. The summed E-state index contributed by atoms with van der Waals surface area (Å²) in [6, 6.07) is 18.3. The zero-order valence-electron chi connectivity index (χ0n) is 17.0. The van der Waals surface area contributed by atoms with Gasteiger partial charge in [0.25, 0.3) is 15.9 Å². The molecule has 0 unspecified atom stereocenters. The average molecular weight is 443 g/mol. The first-order valence-corrected chi connectivity index (χ1v) is 11.2. The molecule has 0 spiro atoms. The van der Waals surface area contributed by atoms with Gasteiger partial charge in [0, 0.05) is 17.8 Å². The Kier molecular flexibility index (Phi) is 7.25. The van der Waals surface area contributed by atoms with Crippen molar-refractivity contribution >= 4 is 21.6 Å². The maximum Gasteiger partial charge on any atom is 0.261 e. The van der Waals surface area contributed by atoms with E-state index in [4.69, 9.17) is 4.74 Å². The second kappa shape index (κ2) is 10.1. The third kappa shape index (κ3) is 6.55. The Labute approximate surface area is 181 Å². The molecule has 0 bridgehead atoms. The lowest BCUT2D eigenvalue weighted by Gasteiger charge is -2.10. The Hall–Kier alpha value is -3.39. The number of halogens is 1. The van der Waals surface area contributed by atoms with Crippen LogP contribution in [-0.2, 0) is 10.0 Å². The highest BCUT2D eigenvalue weighted by Crippen LogP contribution is 2.17. The molecule has 0 heterocycles. The van der Waals surface area contributed by atoms with Crippen LogP contribution in [0.2, 0.25) is 0 Å². The number of aryl methyl sites for hydroxylation is 1. The molecule has 0 fully saturated rings. The molecule has 6 nitrogen and oxygen atoms in total. The van der Waals surface area contributed by atoms with E-state index in [1.807, 2.05) is 31.2 Å². The van der Waals surface area contributed by atoms with Gasteiger partial charge in [-0.3, -0.25) is 9.52 Å². The molecule has 8 heteroatoms. The zero-order valence-corrected chi connectivity index (χ0v) is 17.8. The van der Waals surface area contributed by atoms with Crippen molar-refractivity contribution in [2.45, 2.75) is 18.2 Å². The Morgan fingerprint density at radius 1 is 1.00 bits per heavy atom.